The molecule has 1 atom stereocenters. The summed E-state index contributed by atoms with van der Waals surface area (Å²) >= 11 is 1.91. The van der Waals surface area contributed by atoms with Crippen LogP contribution in [0.3, 0.4) is 0 Å². The third-order valence-corrected chi connectivity index (χ3v) is 3.66. The molecule has 2 rings (SSSR count). The van der Waals surface area contributed by atoms with Crippen molar-refractivity contribution in [2.75, 3.05) is 6.26 Å². The molecule has 0 spiro atoms. The molecule has 78 valence electrons. The first-order valence-electron chi connectivity index (χ1n) is 5.15. The Morgan fingerprint density at radius 2 is 2.20 bits per heavy atom. The molecule has 0 saturated heterocycles. The van der Waals surface area contributed by atoms with Crippen LogP contribution >= 0.6 is 11.8 Å². The molecule has 1 aromatic carbocycles. The van der Waals surface area contributed by atoms with Crippen LogP contribution in [0, 0.1) is 0 Å². The molecule has 0 aliphatic heterocycles. The molecule has 2 aromatic rings. The first kappa shape index (κ1) is 10.5. The highest BCUT2D eigenvalue weighted by atomic mass is 32.2. The van der Waals surface area contributed by atoms with E-state index >= 15 is 0 Å². The molecule has 0 radical (unpaired) electrons. The lowest BCUT2D eigenvalue weighted by molar-refractivity contribution is 0.953. The third kappa shape index (κ3) is 2.32. The minimum atomic E-state index is 0.663. The summed E-state index contributed by atoms with van der Waals surface area (Å²) in [7, 11) is 0. The van der Waals surface area contributed by atoms with Gasteiger partial charge in [0.1, 0.15) is 0 Å². The number of hydrogen-bond donors (Lipinski definition) is 0. The van der Waals surface area contributed by atoms with Gasteiger partial charge < -0.3 is 0 Å². The Labute approximate surface area is 94.9 Å². The Balaban J connectivity index is 2.42. The standard InChI is InChI=1S/C13H15NS/c1-10(15-2)8-12-5-3-4-11-6-7-14-9-13(11)12/h3-7,9-10H,8H2,1-2H3. The fourth-order valence-electron chi connectivity index (χ4n) is 1.75. The largest absolute Gasteiger partial charge is 0.264 e. The molecule has 0 aliphatic carbocycles. The van der Waals surface area contributed by atoms with Crippen molar-refractivity contribution in [3.63, 3.8) is 0 Å². The number of fused-ring (bicyclic) bond motifs is 1. The number of hydrogen-bond acceptors (Lipinski definition) is 2. The molecule has 15 heavy (non-hydrogen) atoms. The predicted molar refractivity (Wildman–Crippen MR) is 68.4 cm³/mol. The SMILES string of the molecule is CSC(C)Cc1cccc2ccncc12. The summed E-state index contributed by atoms with van der Waals surface area (Å²) in [5.74, 6) is 0. The fraction of sp³-hybridized carbons (Fsp3) is 0.308. The lowest BCUT2D eigenvalue weighted by atomic mass is 10.0. The minimum absolute atomic E-state index is 0.663. The van der Waals surface area contributed by atoms with Crippen molar-refractivity contribution >= 4 is 22.5 Å². The molecule has 0 N–H and O–H groups in total. The Morgan fingerprint density at radius 3 is 3.00 bits per heavy atom. The summed E-state index contributed by atoms with van der Waals surface area (Å²) < 4.78 is 0. The van der Waals surface area contributed by atoms with Crippen LogP contribution in [-0.4, -0.2) is 16.5 Å². The van der Waals surface area contributed by atoms with E-state index in [0.29, 0.717) is 5.25 Å². The van der Waals surface area contributed by atoms with E-state index < -0.39 is 0 Å². The highest BCUT2D eigenvalue weighted by Gasteiger charge is 2.05. The van der Waals surface area contributed by atoms with Crippen LogP contribution in [-0.2, 0) is 6.42 Å². The van der Waals surface area contributed by atoms with E-state index in [0.717, 1.165) is 6.42 Å². The van der Waals surface area contributed by atoms with Gasteiger partial charge >= 0.3 is 0 Å². The smallest absolute Gasteiger partial charge is 0.0349 e. The van der Waals surface area contributed by atoms with Crippen molar-refractivity contribution in [3.05, 3.63) is 42.2 Å². The number of nitrogens with zero attached hydrogens (tertiary/aromatic N) is 1. The van der Waals surface area contributed by atoms with E-state index in [1.807, 2.05) is 24.2 Å². The molecule has 2 heteroatoms. The first-order valence-corrected chi connectivity index (χ1v) is 6.44. The van der Waals surface area contributed by atoms with Crippen molar-refractivity contribution in [1.82, 2.24) is 4.98 Å². The predicted octanol–water partition coefficient (Wildman–Crippen LogP) is 3.53. The van der Waals surface area contributed by atoms with E-state index in [-0.39, 0.29) is 0 Å². The van der Waals surface area contributed by atoms with Crippen molar-refractivity contribution in [1.29, 1.82) is 0 Å². The Hall–Kier alpha value is -1.02. The first-order chi connectivity index (χ1) is 7.31. The molecule has 0 fully saturated rings. The zero-order valence-corrected chi connectivity index (χ0v) is 9.92. The van der Waals surface area contributed by atoms with Gasteiger partial charge in [-0.15, -0.1) is 0 Å². The van der Waals surface area contributed by atoms with Crippen LogP contribution in [0.4, 0.5) is 0 Å². The van der Waals surface area contributed by atoms with Crippen LogP contribution < -0.4 is 0 Å². The zero-order chi connectivity index (χ0) is 10.7. The highest BCUT2D eigenvalue weighted by Crippen LogP contribution is 2.21. The van der Waals surface area contributed by atoms with Crippen molar-refractivity contribution in [2.24, 2.45) is 0 Å². The van der Waals surface area contributed by atoms with Crippen LogP contribution in [0.25, 0.3) is 10.8 Å². The summed E-state index contributed by atoms with van der Waals surface area (Å²) in [6.07, 6.45) is 7.10. The molecular formula is C13H15NS. The second-order valence-corrected chi connectivity index (χ2v) is 5.04. The van der Waals surface area contributed by atoms with Gasteiger partial charge in [-0.3, -0.25) is 4.98 Å². The number of thioether (sulfide) groups is 1. The minimum Gasteiger partial charge on any atom is -0.264 e. The number of benzene rings is 1. The second-order valence-electron chi connectivity index (χ2n) is 3.76. The molecule has 0 bridgehead atoms. The Morgan fingerprint density at radius 1 is 1.33 bits per heavy atom. The normalized spacial score (nSPS) is 12.9. The topological polar surface area (TPSA) is 12.9 Å². The van der Waals surface area contributed by atoms with Gasteiger partial charge in [0.05, 0.1) is 0 Å². The number of aromatic nitrogens is 1. The highest BCUT2D eigenvalue weighted by molar-refractivity contribution is 7.99. The summed E-state index contributed by atoms with van der Waals surface area (Å²) in [6, 6.07) is 8.55. The zero-order valence-electron chi connectivity index (χ0n) is 9.10. The maximum Gasteiger partial charge on any atom is 0.0349 e. The van der Waals surface area contributed by atoms with Gasteiger partial charge in [0.25, 0.3) is 0 Å². The van der Waals surface area contributed by atoms with E-state index in [1.165, 1.54) is 16.3 Å². The van der Waals surface area contributed by atoms with Crippen LogP contribution in [0.15, 0.2) is 36.7 Å². The Bertz CT molecular complexity index is 448. The fourth-order valence-corrected chi connectivity index (χ4v) is 2.09. The lowest BCUT2D eigenvalue weighted by Crippen LogP contribution is -2.00. The maximum atomic E-state index is 4.20. The van der Waals surface area contributed by atoms with Crippen molar-refractivity contribution < 1.29 is 0 Å². The molecule has 1 unspecified atom stereocenters. The Kier molecular flexibility index (Phi) is 3.27. The molecular weight excluding hydrogens is 202 g/mol. The lowest BCUT2D eigenvalue weighted by Gasteiger charge is -2.10. The van der Waals surface area contributed by atoms with Gasteiger partial charge in [-0.05, 0) is 29.7 Å². The van der Waals surface area contributed by atoms with E-state index in [4.69, 9.17) is 0 Å². The molecule has 1 heterocycles. The van der Waals surface area contributed by atoms with E-state index in [1.54, 1.807) is 0 Å². The third-order valence-electron chi connectivity index (χ3n) is 2.68. The van der Waals surface area contributed by atoms with Gasteiger partial charge in [0.15, 0.2) is 0 Å². The summed E-state index contributed by atoms with van der Waals surface area (Å²) in [4.78, 5) is 4.20. The molecule has 0 amide bonds. The monoisotopic (exact) mass is 217 g/mol. The average molecular weight is 217 g/mol. The van der Waals surface area contributed by atoms with Gasteiger partial charge in [-0.25, -0.2) is 0 Å². The van der Waals surface area contributed by atoms with E-state index in [9.17, 15) is 0 Å². The van der Waals surface area contributed by atoms with Gasteiger partial charge in [0.2, 0.25) is 0 Å². The van der Waals surface area contributed by atoms with E-state index in [2.05, 4.69) is 42.4 Å². The van der Waals surface area contributed by atoms with Crippen LogP contribution in [0.1, 0.15) is 12.5 Å². The quantitative estimate of drug-likeness (QED) is 0.780. The van der Waals surface area contributed by atoms with Crippen molar-refractivity contribution in [2.45, 2.75) is 18.6 Å². The molecule has 1 aromatic heterocycles. The van der Waals surface area contributed by atoms with Crippen molar-refractivity contribution in [3.8, 4) is 0 Å². The van der Waals surface area contributed by atoms with Crippen LogP contribution in [0.2, 0.25) is 0 Å². The number of rotatable bonds is 3. The molecule has 0 saturated carbocycles. The summed E-state index contributed by atoms with van der Waals surface area (Å²) in [6.45, 7) is 2.26. The second kappa shape index (κ2) is 4.67. The number of pyridine rings is 1. The summed E-state index contributed by atoms with van der Waals surface area (Å²) in [5.41, 5.74) is 1.41. The van der Waals surface area contributed by atoms with Gasteiger partial charge in [-0.1, -0.05) is 25.1 Å². The summed E-state index contributed by atoms with van der Waals surface area (Å²) in [5, 5.41) is 3.24. The molecule has 0 aliphatic rings. The van der Waals surface area contributed by atoms with Gasteiger partial charge in [0, 0.05) is 23.0 Å². The van der Waals surface area contributed by atoms with Crippen LogP contribution in [0.5, 0.6) is 0 Å². The molecule has 1 nitrogen and oxygen atoms in total. The van der Waals surface area contributed by atoms with Gasteiger partial charge in [-0.2, -0.15) is 11.8 Å². The maximum absolute atomic E-state index is 4.20. The average Bonchev–Trinajstić information content (AvgIpc) is 2.29.